The van der Waals surface area contributed by atoms with Gasteiger partial charge in [0.25, 0.3) is 0 Å². The van der Waals surface area contributed by atoms with Crippen molar-refractivity contribution in [3.8, 4) is 0 Å². The van der Waals surface area contributed by atoms with Gasteiger partial charge in [-0.3, -0.25) is 0 Å². The number of ether oxygens (including phenoxy) is 2. The van der Waals surface area contributed by atoms with Gasteiger partial charge in [0.05, 0.1) is 18.0 Å². The minimum Gasteiger partial charge on any atom is -0.512 e. The van der Waals surface area contributed by atoms with Crippen molar-refractivity contribution < 1.29 is 19.7 Å². The molecular weight excluding hydrogens is 304 g/mol. The molecule has 2 heterocycles. The van der Waals surface area contributed by atoms with Gasteiger partial charge in [-0.2, -0.15) is 0 Å². The third kappa shape index (κ3) is 2.16. The molecular formula is C20H30O4. The second kappa shape index (κ2) is 5.09. The molecule has 0 saturated carbocycles. The molecule has 4 nitrogen and oxygen atoms in total. The average molecular weight is 334 g/mol. The molecule has 6 atom stereocenters. The van der Waals surface area contributed by atoms with Gasteiger partial charge in [0, 0.05) is 17.9 Å². The second-order valence-electron chi connectivity index (χ2n) is 8.93. The van der Waals surface area contributed by atoms with Crippen molar-refractivity contribution in [3.05, 3.63) is 23.0 Å². The molecule has 134 valence electrons. The number of allylic oxidation sites excluding steroid dienone is 3. The zero-order chi connectivity index (χ0) is 17.3. The standard InChI is InChI=1S/C20H30O4/c1-12-6-5-8-19(4)17(24-19)20(22)16-14(11-23-20)18(3,9-7-12)13(2)10-15(16)21/h6,13-14,17,21-22H,5,7-11H2,1-4H3/b12-6+/t13-,14+,17+,18+,19-,20-/m0/s1. The van der Waals surface area contributed by atoms with E-state index in [9.17, 15) is 10.2 Å². The highest BCUT2D eigenvalue weighted by Crippen LogP contribution is 2.61. The smallest absolute Gasteiger partial charge is 0.222 e. The predicted molar refractivity (Wildman–Crippen MR) is 91.4 cm³/mol. The lowest BCUT2D eigenvalue weighted by Crippen LogP contribution is -2.46. The maximum absolute atomic E-state index is 11.3. The average Bonchev–Trinajstić information content (AvgIpc) is 3.05. The molecule has 0 radical (unpaired) electrons. The van der Waals surface area contributed by atoms with E-state index in [1.54, 1.807) is 0 Å². The first kappa shape index (κ1) is 16.6. The van der Waals surface area contributed by atoms with Crippen LogP contribution in [0.1, 0.15) is 59.8 Å². The topological polar surface area (TPSA) is 62.2 Å². The van der Waals surface area contributed by atoms with Crippen molar-refractivity contribution in [2.45, 2.75) is 77.3 Å². The van der Waals surface area contributed by atoms with Crippen LogP contribution in [0.4, 0.5) is 0 Å². The number of epoxide rings is 1. The summed E-state index contributed by atoms with van der Waals surface area (Å²) in [6.45, 7) is 9.24. The van der Waals surface area contributed by atoms with Gasteiger partial charge < -0.3 is 19.7 Å². The SMILES string of the molecule is C/C1=C\CC[C@]2(C)O[C@H]2[C@@]2(O)OC[C@@H]3C2=C(O)C[C@H](C)[C@@]3(C)CC1. The van der Waals surface area contributed by atoms with Gasteiger partial charge in [0.15, 0.2) is 0 Å². The van der Waals surface area contributed by atoms with E-state index in [0.29, 0.717) is 30.3 Å². The molecule has 4 bridgehead atoms. The molecule has 2 saturated heterocycles. The van der Waals surface area contributed by atoms with Crippen LogP contribution in [0.2, 0.25) is 0 Å². The van der Waals surface area contributed by atoms with Crippen LogP contribution in [0.5, 0.6) is 0 Å². The van der Waals surface area contributed by atoms with Crippen molar-refractivity contribution in [1.82, 2.24) is 0 Å². The third-order valence-corrected chi connectivity index (χ3v) is 7.37. The van der Waals surface area contributed by atoms with Gasteiger partial charge in [-0.05, 0) is 50.9 Å². The Morgan fingerprint density at radius 1 is 1.25 bits per heavy atom. The second-order valence-corrected chi connectivity index (χ2v) is 8.93. The highest BCUT2D eigenvalue weighted by atomic mass is 16.7. The van der Waals surface area contributed by atoms with Crippen LogP contribution in [0.3, 0.4) is 0 Å². The van der Waals surface area contributed by atoms with E-state index in [2.05, 4.69) is 26.8 Å². The lowest BCUT2D eigenvalue weighted by Gasteiger charge is -2.45. The van der Waals surface area contributed by atoms with Crippen molar-refractivity contribution >= 4 is 0 Å². The molecule has 0 spiro atoms. The van der Waals surface area contributed by atoms with Crippen LogP contribution in [0.25, 0.3) is 0 Å². The van der Waals surface area contributed by atoms with E-state index in [1.807, 2.05) is 6.92 Å². The van der Waals surface area contributed by atoms with E-state index < -0.39 is 5.79 Å². The summed E-state index contributed by atoms with van der Waals surface area (Å²) >= 11 is 0. The van der Waals surface area contributed by atoms with E-state index in [0.717, 1.165) is 25.7 Å². The molecule has 2 aliphatic carbocycles. The number of aliphatic hydroxyl groups excluding tert-OH is 1. The van der Waals surface area contributed by atoms with E-state index in [-0.39, 0.29) is 23.0 Å². The summed E-state index contributed by atoms with van der Waals surface area (Å²) in [7, 11) is 0. The molecule has 2 aliphatic heterocycles. The predicted octanol–water partition coefficient (Wildman–Crippen LogP) is 3.86. The third-order valence-electron chi connectivity index (χ3n) is 7.37. The molecule has 24 heavy (non-hydrogen) atoms. The minimum absolute atomic E-state index is 0.0195. The molecule has 2 fully saturated rings. The summed E-state index contributed by atoms with van der Waals surface area (Å²) in [5.41, 5.74) is 1.79. The van der Waals surface area contributed by atoms with Crippen molar-refractivity contribution in [1.29, 1.82) is 0 Å². The fourth-order valence-corrected chi connectivity index (χ4v) is 5.26. The number of rotatable bonds is 0. The Bertz CT molecular complexity index is 623. The molecule has 0 aromatic rings. The van der Waals surface area contributed by atoms with Crippen LogP contribution < -0.4 is 0 Å². The number of aliphatic hydroxyl groups is 2. The van der Waals surface area contributed by atoms with Crippen molar-refractivity contribution in [2.75, 3.05) is 6.61 Å². The fraction of sp³-hybridized carbons (Fsp3) is 0.800. The van der Waals surface area contributed by atoms with Crippen molar-refractivity contribution in [3.63, 3.8) is 0 Å². The summed E-state index contributed by atoms with van der Waals surface area (Å²) in [5.74, 6) is -0.707. The summed E-state index contributed by atoms with van der Waals surface area (Å²) in [6, 6.07) is 0. The van der Waals surface area contributed by atoms with Gasteiger partial charge in [0.2, 0.25) is 5.79 Å². The first-order valence-corrected chi connectivity index (χ1v) is 9.33. The first-order valence-electron chi connectivity index (χ1n) is 9.33. The lowest BCUT2D eigenvalue weighted by atomic mass is 9.58. The zero-order valence-electron chi connectivity index (χ0n) is 15.3. The largest absolute Gasteiger partial charge is 0.512 e. The Balaban J connectivity index is 1.81. The van der Waals surface area contributed by atoms with E-state index in [1.165, 1.54) is 5.57 Å². The van der Waals surface area contributed by atoms with Gasteiger partial charge in [0.1, 0.15) is 6.10 Å². The fourth-order valence-electron chi connectivity index (χ4n) is 5.26. The molecule has 0 aromatic carbocycles. The quantitative estimate of drug-likeness (QED) is 0.522. The summed E-state index contributed by atoms with van der Waals surface area (Å²) in [5, 5.41) is 22.0. The van der Waals surface area contributed by atoms with Crippen LogP contribution in [0.15, 0.2) is 23.0 Å². The molecule has 0 amide bonds. The van der Waals surface area contributed by atoms with Gasteiger partial charge in [-0.15, -0.1) is 0 Å². The lowest BCUT2D eigenvalue weighted by molar-refractivity contribution is -0.163. The highest BCUT2D eigenvalue weighted by Gasteiger charge is 2.70. The monoisotopic (exact) mass is 334 g/mol. The van der Waals surface area contributed by atoms with Crippen LogP contribution in [-0.2, 0) is 9.47 Å². The molecule has 4 heteroatoms. The number of fused-ring (bicyclic) bond motifs is 2. The Labute approximate surface area is 144 Å². The van der Waals surface area contributed by atoms with Gasteiger partial charge in [-0.1, -0.05) is 25.5 Å². The normalized spacial score (nSPS) is 53.5. The van der Waals surface area contributed by atoms with E-state index >= 15 is 0 Å². The zero-order valence-corrected chi connectivity index (χ0v) is 15.3. The Morgan fingerprint density at radius 2 is 2.00 bits per heavy atom. The Hall–Kier alpha value is -0.840. The summed E-state index contributed by atoms with van der Waals surface area (Å²) < 4.78 is 11.9. The minimum atomic E-state index is -1.46. The summed E-state index contributed by atoms with van der Waals surface area (Å²) in [6.07, 6.45) is 6.50. The van der Waals surface area contributed by atoms with Gasteiger partial charge in [-0.25, -0.2) is 0 Å². The maximum atomic E-state index is 11.3. The molecule has 4 aliphatic rings. The molecule has 2 N–H and O–H groups in total. The Kier molecular flexibility index (Phi) is 3.52. The number of hydrogen-bond donors (Lipinski definition) is 2. The van der Waals surface area contributed by atoms with Gasteiger partial charge >= 0.3 is 0 Å². The molecule has 0 aromatic heterocycles. The van der Waals surface area contributed by atoms with Crippen LogP contribution in [0, 0.1) is 17.3 Å². The van der Waals surface area contributed by atoms with Crippen LogP contribution in [-0.4, -0.2) is 34.3 Å². The maximum Gasteiger partial charge on any atom is 0.222 e. The highest BCUT2D eigenvalue weighted by molar-refractivity contribution is 5.35. The summed E-state index contributed by atoms with van der Waals surface area (Å²) in [4.78, 5) is 0. The number of hydrogen-bond acceptors (Lipinski definition) is 4. The first-order chi connectivity index (χ1) is 11.2. The molecule has 4 rings (SSSR count). The van der Waals surface area contributed by atoms with E-state index in [4.69, 9.17) is 9.47 Å². The van der Waals surface area contributed by atoms with Crippen LogP contribution >= 0.6 is 0 Å². The molecule has 0 unspecified atom stereocenters. The van der Waals surface area contributed by atoms with Crippen molar-refractivity contribution in [2.24, 2.45) is 17.3 Å². The Morgan fingerprint density at radius 3 is 2.75 bits per heavy atom.